The van der Waals surface area contributed by atoms with Crippen LogP contribution in [0.3, 0.4) is 0 Å². The topological polar surface area (TPSA) is 6.25 Å². The molecule has 0 N–H and O–H groups in total. The molecule has 4 aromatic rings. The van der Waals surface area contributed by atoms with E-state index in [0.29, 0.717) is 12.3 Å². The first-order chi connectivity index (χ1) is 20.5. The quantitative estimate of drug-likeness (QED) is 0.183. The SMILES string of the molecule is CC(C)CC[N+]1=C(/C=C/C=C2/N(C)c3ccc4ccccc4c3C2(C)Cc2ccc(Br)cc2F)C(C)(C)c2ccccc21. The second-order valence-electron chi connectivity index (χ2n) is 13.3. The number of nitrogens with zero attached hydrogens (tertiary/aromatic N) is 2. The Morgan fingerprint density at radius 1 is 0.953 bits per heavy atom. The Kier molecular flexibility index (Phi) is 7.71. The lowest BCUT2D eigenvalue weighted by Crippen LogP contribution is -2.29. The molecule has 220 valence electrons. The van der Waals surface area contributed by atoms with Crippen LogP contribution in [0.4, 0.5) is 15.8 Å². The zero-order valence-corrected chi connectivity index (χ0v) is 27.7. The number of allylic oxidation sites excluding steroid dienone is 4. The highest BCUT2D eigenvalue weighted by atomic mass is 79.9. The lowest BCUT2D eigenvalue weighted by molar-refractivity contribution is -0.439. The van der Waals surface area contributed by atoms with Gasteiger partial charge in [0.1, 0.15) is 12.4 Å². The van der Waals surface area contributed by atoms with Gasteiger partial charge in [0.05, 0.1) is 5.41 Å². The number of benzene rings is 4. The van der Waals surface area contributed by atoms with E-state index < -0.39 is 5.41 Å². The van der Waals surface area contributed by atoms with Gasteiger partial charge in [-0.25, -0.2) is 4.39 Å². The summed E-state index contributed by atoms with van der Waals surface area (Å²) in [6.45, 7) is 12.5. The summed E-state index contributed by atoms with van der Waals surface area (Å²) in [5.74, 6) is 0.451. The van der Waals surface area contributed by atoms with E-state index in [4.69, 9.17) is 0 Å². The van der Waals surface area contributed by atoms with Gasteiger partial charge in [0.25, 0.3) is 0 Å². The standard InChI is InChI=1S/C39H41BrFN2/c1-26(2)22-23-43-33-15-10-9-14-31(33)38(3,4)35(43)16-11-17-36-39(5,25-28-18-20-29(40)24-32(28)41)37-30-13-8-7-12-27(30)19-21-34(37)42(36)6/h7-21,24,26H,22-23,25H2,1-6H3/q+1. The predicted molar refractivity (Wildman–Crippen MR) is 183 cm³/mol. The molecule has 1 unspecified atom stereocenters. The second-order valence-corrected chi connectivity index (χ2v) is 14.2. The van der Waals surface area contributed by atoms with Crippen LogP contribution in [0.1, 0.15) is 57.7 Å². The maximum atomic E-state index is 15.3. The monoisotopic (exact) mass is 635 g/mol. The molecule has 0 fully saturated rings. The number of hydrogen-bond acceptors (Lipinski definition) is 1. The summed E-state index contributed by atoms with van der Waals surface area (Å²) in [5.41, 5.74) is 7.79. The summed E-state index contributed by atoms with van der Waals surface area (Å²) in [7, 11) is 2.15. The largest absolute Gasteiger partial charge is 0.347 e. The van der Waals surface area contributed by atoms with Gasteiger partial charge >= 0.3 is 0 Å². The minimum Gasteiger partial charge on any atom is -0.347 e. The fourth-order valence-corrected chi connectivity index (χ4v) is 7.60. The molecule has 2 heterocycles. The third-order valence-corrected chi connectivity index (χ3v) is 10.0. The second kappa shape index (κ2) is 11.2. The molecular formula is C39H41BrFN2+. The third kappa shape index (κ3) is 5.08. The fourth-order valence-electron chi connectivity index (χ4n) is 7.27. The van der Waals surface area contributed by atoms with Crippen molar-refractivity contribution in [1.29, 1.82) is 0 Å². The molecule has 2 aliphatic heterocycles. The van der Waals surface area contributed by atoms with Crippen molar-refractivity contribution in [1.82, 2.24) is 0 Å². The van der Waals surface area contributed by atoms with Gasteiger partial charge < -0.3 is 4.90 Å². The first kappa shape index (κ1) is 29.6. The lowest BCUT2D eigenvalue weighted by Gasteiger charge is -2.29. The number of anilines is 1. The minimum absolute atomic E-state index is 0.104. The predicted octanol–water partition coefficient (Wildman–Crippen LogP) is 10.3. The number of halogens is 2. The molecule has 0 aromatic heterocycles. The number of para-hydroxylation sites is 1. The van der Waals surface area contributed by atoms with Crippen LogP contribution in [-0.2, 0) is 17.3 Å². The molecule has 2 aliphatic rings. The first-order valence-electron chi connectivity index (χ1n) is 15.4. The van der Waals surface area contributed by atoms with Gasteiger partial charge in [-0.1, -0.05) is 90.5 Å². The van der Waals surface area contributed by atoms with E-state index in [9.17, 15) is 0 Å². The van der Waals surface area contributed by atoms with Crippen LogP contribution >= 0.6 is 15.9 Å². The molecule has 43 heavy (non-hydrogen) atoms. The molecule has 0 spiro atoms. The van der Waals surface area contributed by atoms with Crippen LogP contribution in [0.25, 0.3) is 10.8 Å². The molecule has 0 saturated heterocycles. The zero-order chi connectivity index (χ0) is 30.5. The lowest BCUT2D eigenvalue weighted by atomic mass is 9.74. The van der Waals surface area contributed by atoms with Gasteiger partial charge in [-0.2, -0.15) is 4.58 Å². The zero-order valence-electron chi connectivity index (χ0n) is 26.1. The van der Waals surface area contributed by atoms with E-state index in [-0.39, 0.29) is 11.2 Å². The summed E-state index contributed by atoms with van der Waals surface area (Å²) in [6.07, 6.45) is 8.48. The average molecular weight is 637 g/mol. The van der Waals surface area contributed by atoms with E-state index in [2.05, 4.69) is 146 Å². The van der Waals surface area contributed by atoms with Crippen molar-refractivity contribution in [3.63, 3.8) is 0 Å². The van der Waals surface area contributed by atoms with Gasteiger partial charge in [0, 0.05) is 52.4 Å². The van der Waals surface area contributed by atoms with E-state index in [1.807, 2.05) is 12.1 Å². The Balaban J connectivity index is 1.48. The van der Waals surface area contributed by atoms with Gasteiger partial charge in [0.2, 0.25) is 5.69 Å². The summed E-state index contributed by atoms with van der Waals surface area (Å²) in [4.78, 5) is 2.30. The van der Waals surface area contributed by atoms with Crippen molar-refractivity contribution in [2.45, 2.75) is 58.3 Å². The summed E-state index contributed by atoms with van der Waals surface area (Å²) < 4.78 is 18.6. The molecule has 0 aliphatic carbocycles. The van der Waals surface area contributed by atoms with Crippen molar-refractivity contribution in [3.05, 3.63) is 130 Å². The number of likely N-dealkylation sites (N-methyl/N-ethyl adjacent to an activating group) is 1. The van der Waals surface area contributed by atoms with Crippen LogP contribution in [0, 0.1) is 11.7 Å². The number of fused-ring (bicyclic) bond motifs is 4. The Morgan fingerprint density at radius 3 is 2.47 bits per heavy atom. The molecule has 1 atom stereocenters. The minimum atomic E-state index is -0.430. The molecular weight excluding hydrogens is 595 g/mol. The van der Waals surface area contributed by atoms with Crippen LogP contribution in [0.2, 0.25) is 0 Å². The van der Waals surface area contributed by atoms with Gasteiger partial charge in [0.15, 0.2) is 5.71 Å². The smallest absolute Gasteiger partial charge is 0.209 e. The molecule has 0 bridgehead atoms. The molecule has 6 rings (SSSR count). The Bertz CT molecular complexity index is 1810. The normalized spacial score (nSPS) is 20.2. The summed E-state index contributed by atoms with van der Waals surface area (Å²) in [6, 6.07) is 27.2. The Labute approximate surface area is 264 Å². The highest BCUT2D eigenvalue weighted by Crippen LogP contribution is 2.52. The third-order valence-electron chi connectivity index (χ3n) is 9.54. The molecule has 2 nitrogen and oxygen atoms in total. The van der Waals surface area contributed by atoms with E-state index >= 15 is 4.39 Å². The molecule has 0 saturated carbocycles. The number of rotatable bonds is 7. The molecule has 4 heteroatoms. The van der Waals surface area contributed by atoms with Crippen LogP contribution in [0.15, 0.2) is 107 Å². The van der Waals surface area contributed by atoms with E-state index in [1.54, 1.807) is 6.07 Å². The Hall–Kier alpha value is -3.50. The average Bonchev–Trinajstić information content (AvgIpc) is 3.32. The van der Waals surface area contributed by atoms with Gasteiger partial charge in [-0.3, -0.25) is 0 Å². The highest BCUT2D eigenvalue weighted by molar-refractivity contribution is 9.10. The van der Waals surface area contributed by atoms with E-state index in [0.717, 1.165) is 23.0 Å². The fraction of sp³-hybridized carbons (Fsp3) is 0.308. The molecule has 0 amide bonds. The summed E-state index contributed by atoms with van der Waals surface area (Å²) in [5, 5.41) is 2.43. The van der Waals surface area contributed by atoms with Crippen molar-refractivity contribution < 1.29 is 8.97 Å². The van der Waals surface area contributed by atoms with Crippen LogP contribution in [-0.4, -0.2) is 23.9 Å². The highest BCUT2D eigenvalue weighted by Gasteiger charge is 2.45. The van der Waals surface area contributed by atoms with Gasteiger partial charge in [-0.15, -0.1) is 0 Å². The van der Waals surface area contributed by atoms with Crippen molar-refractivity contribution in [2.75, 3.05) is 18.5 Å². The summed E-state index contributed by atoms with van der Waals surface area (Å²) >= 11 is 3.44. The molecule has 0 radical (unpaired) electrons. The van der Waals surface area contributed by atoms with Gasteiger partial charge in [-0.05, 0) is 79.3 Å². The van der Waals surface area contributed by atoms with Crippen molar-refractivity contribution >= 4 is 43.8 Å². The van der Waals surface area contributed by atoms with Crippen LogP contribution in [0.5, 0.6) is 0 Å². The maximum Gasteiger partial charge on any atom is 0.209 e. The molecule has 4 aromatic carbocycles. The van der Waals surface area contributed by atoms with E-state index in [1.165, 1.54) is 44.7 Å². The first-order valence-corrected chi connectivity index (χ1v) is 16.1. The van der Waals surface area contributed by atoms with Crippen molar-refractivity contribution in [3.8, 4) is 0 Å². The maximum absolute atomic E-state index is 15.3. The number of hydrogen-bond donors (Lipinski definition) is 0. The van der Waals surface area contributed by atoms with Crippen molar-refractivity contribution in [2.24, 2.45) is 5.92 Å². The Morgan fingerprint density at radius 2 is 1.70 bits per heavy atom. The van der Waals surface area contributed by atoms with Crippen LogP contribution < -0.4 is 4.90 Å².